The lowest BCUT2D eigenvalue weighted by atomic mass is 10.2. The highest BCUT2D eigenvalue weighted by atomic mass is 35.5. The van der Waals surface area contributed by atoms with Gasteiger partial charge in [0.05, 0.1) is 16.2 Å². The standard InChI is InChI=1S/C23H17ClN2O4S/c1-2-26-21(27)20(31-23(26)25-17-9-5-15(6-10-17)22(28)29)13-18-11-12-19(30-18)14-3-7-16(24)8-4-14/h3-13H,2H2,1H3,(H,28,29)/b20-13-,25-23?. The maximum Gasteiger partial charge on any atom is 0.335 e. The molecule has 4 rings (SSSR count). The molecular weight excluding hydrogens is 436 g/mol. The molecule has 6 nitrogen and oxygen atoms in total. The molecule has 1 aliphatic rings. The second-order valence-electron chi connectivity index (χ2n) is 6.62. The zero-order chi connectivity index (χ0) is 22.0. The molecule has 0 aliphatic carbocycles. The number of amides is 1. The SMILES string of the molecule is CCN1C(=O)/C(=C/c2ccc(-c3ccc(Cl)cc3)o2)SC1=Nc1ccc(C(=O)O)cc1. The lowest BCUT2D eigenvalue weighted by Gasteiger charge is -2.11. The number of nitrogens with zero attached hydrogens (tertiary/aromatic N) is 2. The monoisotopic (exact) mass is 452 g/mol. The number of carbonyl (C=O) groups is 2. The first kappa shape index (κ1) is 21.0. The zero-order valence-corrected chi connectivity index (χ0v) is 18.0. The van der Waals surface area contributed by atoms with E-state index in [0.717, 1.165) is 5.56 Å². The summed E-state index contributed by atoms with van der Waals surface area (Å²) in [6.07, 6.45) is 1.70. The molecule has 1 aliphatic heterocycles. The fraction of sp³-hybridized carbons (Fsp3) is 0.0870. The number of rotatable bonds is 5. The average Bonchev–Trinajstić information content (AvgIpc) is 3.34. The third-order valence-corrected chi connectivity index (χ3v) is 5.83. The molecule has 0 spiro atoms. The summed E-state index contributed by atoms with van der Waals surface area (Å²) in [4.78, 5) is 30.4. The lowest BCUT2D eigenvalue weighted by Crippen LogP contribution is -2.28. The number of aliphatic imine (C=N–C) groups is 1. The molecule has 8 heteroatoms. The van der Waals surface area contributed by atoms with Gasteiger partial charge in [-0.3, -0.25) is 9.69 Å². The van der Waals surface area contributed by atoms with E-state index in [0.29, 0.717) is 38.8 Å². The van der Waals surface area contributed by atoms with Gasteiger partial charge in [0.15, 0.2) is 5.17 Å². The first-order chi connectivity index (χ1) is 14.9. The fourth-order valence-corrected chi connectivity index (χ4v) is 4.16. The van der Waals surface area contributed by atoms with Gasteiger partial charge in [-0.15, -0.1) is 0 Å². The average molecular weight is 453 g/mol. The molecule has 3 aromatic rings. The molecule has 2 aromatic carbocycles. The number of carboxylic acid groups (broad SMARTS) is 1. The molecule has 156 valence electrons. The molecule has 1 saturated heterocycles. The van der Waals surface area contributed by atoms with Gasteiger partial charge >= 0.3 is 5.97 Å². The van der Waals surface area contributed by atoms with Crippen molar-refractivity contribution in [3.05, 3.63) is 81.9 Å². The predicted octanol–water partition coefficient (Wildman–Crippen LogP) is 5.92. The molecule has 0 radical (unpaired) electrons. The van der Waals surface area contributed by atoms with Crippen molar-refractivity contribution in [1.82, 2.24) is 4.90 Å². The Bertz CT molecular complexity index is 1200. The number of halogens is 1. The van der Waals surface area contributed by atoms with Gasteiger partial charge in [-0.25, -0.2) is 9.79 Å². The molecule has 1 fully saturated rings. The number of furan rings is 1. The van der Waals surface area contributed by atoms with Crippen LogP contribution in [0.15, 0.2) is 75.0 Å². The van der Waals surface area contributed by atoms with Crippen LogP contribution in [-0.4, -0.2) is 33.6 Å². The number of benzene rings is 2. The molecule has 1 N–H and O–H groups in total. The van der Waals surface area contributed by atoms with Gasteiger partial charge in [-0.2, -0.15) is 0 Å². The number of likely N-dealkylation sites (N-methyl/N-ethyl adjacent to an activating group) is 1. The van der Waals surface area contributed by atoms with E-state index in [9.17, 15) is 9.59 Å². The smallest absolute Gasteiger partial charge is 0.335 e. The number of hydrogen-bond acceptors (Lipinski definition) is 5. The van der Waals surface area contributed by atoms with Crippen molar-refractivity contribution in [2.45, 2.75) is 6.92 Å². The Morgan fingerprint density at radius 2 is 1.84 bits per heavy atom. The van der Waals surface area contributed by atoms with Gasteiger partial charge < -0.3 is 9.52 Å². The van der Waals surface area contributed by atoms with E-state index < -0.39 is 5.97 Å². The predicted molar refractivity (Wildman–Crippen MR) is 123 cm³/mol. The van der Waals surface area contributed by atoms with Crippen LogP contribution in [0.1, 0.15) is 23.0 Å². The summed E-state index contributed by atoms with van der Waals surface area (Å²) in [6, 6.07) is 17.2. The van der Waals surface area contributed by atoms with E-state index in [1.54, 1.807) is 41.3 Å². The van der Waals surface area contributed by atoms with E-state index >= 15 is 0 Å². The third-order valence-electron chi connectivity index (χ3n) is 4.57. The summed E-state index contributed by atoms with van der Waals surface area (Å²) in [6.45, 7) is 2.33. The Morgan fingerprint density at radius 3 is 2.48 bits per heavy atom. The maximum atomic E-state index is 12.8. The molecule has 0 atom stereocenters. The summed E-state index contributed by atoms with van der Waals surface area (Å²) in [5, 5.41) is 10.2. The van der Waals surface area contributed by atoms with E-state index in [1.165, 1.54) is 23.9 Å². The Hall–Kier alpha value is -3.29. The molecule has 2 heterocycles. The summed E-state index contributed by atoms with van der Waals surface area (Å²) in [5.41, 5.74) is 1.64. The molecule has 0 saturated carbocycles. The molecule has 1 amide bonds. The van der Waals surface area contributed by atoms with Crippen LogP contribution in [0, 0.1) is 0 Å². The second kappa shape index (κ2) is 8.83. The number of amidine groups is 1. The fourth-order valence-electron chi connectivity index (χ4n) is 2.99. The quantitative estimate of drug-likeness (QED) is 0.485. The van der Waals surface area contributed by atoms with Gasteiger partial charge in [-0.05, 0) is 79.3 Å². The third kappa shape index (κ3) is 4.57. The van der Waals surface area contributed by atoms with Crippen molar-refractivity contribution < 1.29 is 19.1 Å². The molecule has 0 bridgehead atoms. The van der Waals surface area contributed by atoms with E-state index in [2.05, 4.69) is 4.99 Å². The van der Waals surface area contributed by atoms with Crippen molar-refractivity contribution in [3.63, 3.8) is 0 Å². The minimum atomic E-state index is -0.999. The van der Waals surface area contributed by atoms with Crippen LogP contribution in [-0.2, 0) is 4.79 Å². The summed E-state index contributed by atoms with van der Waals surface area (Å²) < 4.78 is 5.88. The summed E-state index contributed by atoms with van der Waals surface area (Å²) in [7, 11) is 0. The van der Waals surface area contributed by atoms with Crippen LogP contribution in [0.25, 0.3) is 17.4 Å². The maximum absolute atomic E-state index is 12.8. The highest BCUT2D eigenvalue weighted by molar-refractivity contribution is 8.18. The van der Waals surface area contributed by atoms with Gasteiger partial charge in [0, 0.05) is 23.2 Å². The number of carbonyl (C=O) groups excluding carboxylic acids is 1. The number of hydrogen-bond donors (Lipinski definition) is 1. The minimum Gasteiger partial charge on any atom is -0.478 e. The molecule has 1 aromatic heterocycles. The van der Waals surface area contributed by atoms with Crippen LogP contribution >= 0.6 is 23.4 Å². The number of thioether (sulfide) groups is 1. The topological polar surface area (TPSA) is 83.1 Å². The van der Waals surface area contributed by atoms with Crippen molar-refractivity contribution in [2.75, 3.05) is 6.54 Å². The van der Waals surface area contributed by atoms with Crippen molar-refractivity contribution in [3.8, 4) is 11.3 Å². The first-order valence-electron chi connectivity index (χ1n) is 9.44. The van der Waals surface area contributed by atoms with E-state index in [4.69, 9.17) is 21.1 Å². The molecular formula is C23H17ClN2O4S. The zero-order valence-electron chi connectivity index (χ0n) is 16.4. The van der Waals surface area contributed by atoms with Gasteiger partial charge in [0.1, 0.15) is 11.5 Å². The van der Waals surface area contributed by atoms with Crippen LogP contribution in [0.5, 0.6) is 0 Å². The number of carboxylic acids is 1. The summed E-state index contributed by atoms with van der Waals surface area (Å²) >= 11 is 7.18. The minimum absolute atomic E-state index is 0.155. The van der Waals surface area contributed by atoms with E-state index in [-0.39, 0.29) is 11.5 Å². The Balaban J connectivity index is 1.58. The lowest BCUT2D eigenvalue weighted by molar-refractivity contribution is -0.122. The Labute approximate surface area is 187 Å². The summed E-state index contributed by atoms with van der Waals surface area (Å²) in [5.74, 6) is 0.0851. The van der Waals surface area contributed by atoms with Gasteiger partial charge in [-0.1, -0.05) is 11.6 Å². The molecule has 0 unspecified atom stereocenters. The van der Waals surface area contributed by atoms with Gasteiger partial charge in [0.25, 0.3) is 5.91 Å². The highest BCUT2D eigenvalue weighted by Gasteiger charge is 2.32. The van der Waals surface area contributed by atoms with Crippen molar-refractivity contribution in [1.29, 1.82) is 0 Å². The highest BCUT2D eigenvalue weighted by Crippen LogP contribution is 2.35. The van der Waals surface area contributed by atoms with Gasteiger partial charge in [0.2, 0.25) is 0 Å². The number of aromatic carboxylic acids is 1. The first-order valence-corrected chi connectivity index (χ1v) is 10.6. The Kier molecular flexibility index (Phi) is 5.97. The van der Waals surface area contributed by atoms with E-state index in [1.807, 2.05) is 25.1 Å². The largest absolute Gasteiger partial charge is 0.478 e. The van der Waals surface area contributed by atoms with Crippen molar-refractivity contribution in [2.24, 2.45) is 4.99 Å². The second-order valence-corrected chi connectivity index (χ2v) is 8.06. The normalized spacial score (nSPS) is 16.5. The molecule has 31 heavy (non-hydrogen) atoms. The van der Waals surface area contributed by atoms with Crippen LogP contribution in [0.2, 0.25) is 5.02 Å². The van der Waals surface area contributed by atoms with Crippen molar-refractivity contribution >= 4 is 52.2 Å². The van der Waals surface area contributed by atoms with Crippen LogP contribution < -0.4 is 0 Å². The van der Waals surface area contributed by atoms with Crippen LogP contribution in [0.3, 0.4) is 0 Å². The van der Waals surface area contributed by atoms with Crippen LogP contribution in [0.4, 0.5) is 5.69 Å². The Morgan fingerprint density at radius 1 is 1.13 bits per heavy atom.